The predicted octanol–water partition coefficient (Wildman–Crippen LogP) is 2.25. The zero-order valence-electron chi connectivity index (χ0n) is 10.5. The van der Waals surface area contributed by atoms with E-state index >= 15 is 0 Å². The average Bonchev–Trinajstić information content (AvgIpc) is 3.00. The molecule has 2 N–H and O–H groups in total. The van der Waals surface area contributed by atoms with E-state index < -0.39 is 0 Å². The fourth-order valence-corrected chi connectivity index (χ4v) is 3.19. The molecule has 1 aromatic heterocycles. The molecule has 0 spiro atoms. The lowest BCUT2D eigenvalue weighted by molar-refractivity contribution is 0.0602. The first-order chi connectivity index (χ1) is 8.35. The summed E-state index contributed by atoms with van der Waals surface area (Å²) in [4.78, 5) is 2.44. The molecule has 0 bridgehead atoms. The Hall–Kier alpha value is -0.420. The van der Waals surface area contributed by atoms with E-state index in [2.05, 4.69) is 28.7 Å². The highest BCUT2D eigenvalue weighted by Gasteiger charge is 2.24. The number of hydrogen-bond acceptors (Lipinski definition) is 4. The lowest BCUT2D eigenvalue weighted by atomic mass is 10.1. The number of likely N-dealkylation sites (N-methyl/N-ethyl adjacent to an activating group) is 1. The van der Waals surface area contributed by atoms with Gasteiger partial charge in [-0.05, 0) is 41.8 Å². The lowest BCUT2D eigenvalue weighted by Gasteiger charge is -2.31. The molecular formula is C13H22N2OS. The van der Waals surface area contributed by atoms with Crippen molar-refractivity contribution in [3.63, 3.8) is 0 Å². The molecule has 1 aliphatic rings. The van der Waals surface area contributed by atoms with Crippen molar-refractivity contribution in [3.05, 3.63) is 22.4 Å². The largest absolute Gasteiger partial charge is 0.377 e. The molecule has 2 unspecified atom stereocenters. The summed E-state index contributed by atoms with van der Waals surface area (Å²) in [7, 11) is 0. The molecular weight excluding hydrogens is 232 g/mol. The molecule has 0 amide bonds. The second-order valence-corrected chi connectivity index (χ2v) is 5.31. The Balaban J connectivity index is 1.99. The van der Waals surface area contributed by atoms with E-state index in [-0.39, 0.29) is 0 Å². The Bertz CT molecular complexity index is 309. The van der Waals surface area contributed by atoms with Crippen LogP contribution in [-0.4, -0.2) is 37.2 Å². The monoisotopic (exact) mass is 254 g/mol. The molecule has 3 nitrogen and oxygen atoms in total. The van der Waals surface area contributed by atoms with E-state index in [4.69, 9.17) is 10.5 Å². The summed E-state index contributed by atoms with van der Waals surface area (Å²) < 4.78 is 5.72. The van der Waals surface area contributed by atoms with E-state index in [1.807, 2.05) is 0 Å². The van der Waals surface area contributed by atoms with Gasteiger partial charge >= 0.3 is 0 Å². The maximum atomic E-state index is 5.94. The normalized spacial score (nSPS) is 22.2. The number of hydrogen-bond donors (Lipinski definition) is 1. The predicted molar refractivity (Wildman–Crippen MR) is 72.3 cm³/mol. The smallest absolute Gasteiger partial charge is 0.0703 e. The Labute approximate surface area is 108 Å². The number of nitrogens with two attached hydrogens (primary N) is 1. The summed E-state index contributed by atoms with van der Waals surface area (Å²) in [5.74, 6) is 0. The van der Waals surface area contributed by atoms with Gasteiger partial charge in [-0.1, -0.05) is 6.92 Å². The van der Waals surface area contributed by atoms with Gasteiger partial charge in [-0.15, -0.1) is 0 Å². The molecule has 2 rings (SSSR count). The van der Waals surface area contributed by atoms with E-state index in [0.29, 0.717) is 18.7 Å². The highest BCUT2D eigenvalue weighted by molar-refractivity contribution is 7.07. The van der Waals surface area contributed by atoms with Crippen LogP contribution in [0, 0.1) is 0 Å². The molecule has 17 heavy (non-hydrogen) atoms. The minimum absolute atomic E-state index is 0.343. The first-order valence-corrected chi connectivity index (χ1v) is 7.37. The summed E-state index contributed by atoms with van der Waals surface area (Å²) in [5, 5.41) is 4.33. The molecule has 2 heterocycles. The first-order valence-electron chi connectivity index (χ1n) is 6.43. The number of thiophene rings is 1. The number of rotatable bonds is 6. The van der Waals surface area contributed by atoms with E-state index in [0.717, 1.165) is 19.7 Å². The van der Waals surface area contributed by atoms with Crippen molar-refractivity contribution in [3.8, 4) is 0 Å². The molecule has 1 aromatic rings. The summed E-state index contributed by atoms with van der Waals surface area (Å²) in [6.45, 7) is 5.83. The van der Waals surface area contributed by atoms with Crippen LogP contribution in [0.3, 0.4) is 0 Å². The molecule has 1 fully saturated rings. The fourth-order valence-electron chi connectivity index (χ4n) is 2.49. The summed E-state index contributed by atoms with van der Waals surface area (Å²) >= 11 is 1.74. The van der Waals surface area contributed by atoms with Crippen molar-refractivity contribution in [2.75, 3.05) is 26.2 Å². The minimum atomic E-state index is 0.343. The van der Waals surface area contributed by atoms with Gasteiger partial charge in [0, 0.05) is 25.7 Å². The van der Waals surface area contributed by atoms with Gasteiger partial charge < -0.3 is 10.5 Å². The average molecular weight is 254 g/mol. The lowest BCUT2D eigenvalue weighted by Crippen LogP contribution is -2.38. The Morgan fingerprint density at radius 3 is 3.06 bits per heavy atom. The third-order valence-electron chi connectivity index (χ3n) is 3.46. The third-order valence-corrected chi connectivity index (χ3v) is 4.16. The van der Waals surface area contributed by atoms with Crippen LogP contribution in [-0.2, 0) is 4.74 Å². The standard InChI is InChI=1S/C13H22N2OS/c1-2-15(9-12-4-3-6-16-12)13(8-14)11-5-7-17-10-11/h5,7,10,12-13H,2-4,6,8-9,14H2,1H3. The zero-order chi connectivity index (χ0) is 12.1. The molecule has 0 saturated carbocycles. The van der Waals surface area contributed by atoms with Gasteiger partial charge in [-0.2, -0.15) is 11.3 Å². The van der Waals surface area contributed by atoms with Crippen molar-refractivity contribution in [2.45, 2.75) is 31.9 Å². The Morgan fingerprint density at radius 2 is 2.53 bits per heavy atom. The fraction of sp³-hybridized carbons (Fsp3) is 0.692. The van der Waals surface area contributed by atoms with Crippen LogP contribution in [0.15, 0.2) is 16.8 Å². The van der Waals surface area contributed by atoms with Crippen molar-refractivity contribution in [1.29, 1.82) is 0 Å². The zero-order valence-corrected chi connectivity index (χ0v) is 11.3. The summed E-state index contributed by atoms with van der Waals surface area (Å²) in [5.41, 5.74) is 7.28. The topological polar surface area (TPSA) is 38.5 Å². The van der Waals surface area contributed by atoms with Gasteiger partial charge in [-0.3, -0.25) is 4.90 Å². The van der Waals surface area contributed by atoms with E-state index in [1.54, 1.807) is 11.3 Å². The second kappa shape index (κ2) is 6.50. The molecule has 0 aliphatic carbocycles. The Morgan fingerprint density at radius 1 is 1.65 bits per heavy atom. The Kier molecular flexibility index (Phi) is 4.98. The van der Waals surface area contributed by atoms with Crippen molar-refractivity contribution in [2.24, 2.45) is 5.73 Å². The first kappa shape index (κ1) is 13.0. The van der Waals surface area contributed by atoms with E-state index in [9.17, 15) is 0 Å². The molecule has 4 heteroatoms. The number of ether oxygens (including phenoxy) is 1. The highest BCUT2D eigenvalue weighted by atomic mass is 32.1. The molecule has 96 valence electrons. The highest BCUT2D eigenvalue weighted by Crippen LogP contribution is 2.24. The SMILES string of the molecule is CCN(CC1CCCO1)C(CN)c1ccsc1. The van der Waals surface area contributed by atoms with Crippen LogP contribution in [0.4, 0.5) is 0 Å². The molecule has 1 aliphatic heterocycles. The van der Waals surface area contributed by atoms with Gasteiger partial charge in [0.15, 0.2) is 0 Å². The van der Waals surface area contributed by atoms with Gasteiger partial charge in [0.2, 0.25) is 0 Å². The molecule has 1 saturated heterocycles. The maximum absolute atomic E-state index is 5.94. The molecule has 2 atom stereocenters. The van der Waals surface area contributed by atoms with Crippen molar-refractivity contribution < 1.29 is 4.74 Å². The van der Waals surface area contributed by atoms with Crippen LogP contribution < -0.4 is 5.73 Å². The third kappa shape index (κ3) is 3.28. The van der Waals surface area contributed by atoms with Gasteiger partial charge in [0.05, 0.1) is 6.10 Å². The van der Waals surface area contributed by atoms with Gasteiger partial charge in [-0.25, -0.2) is 0 Å². The number of nitrogens with zero attached hydrogens (tertiary/aromatic N) is 1. The van der Waals surface area contributed by atoms with Crippen molar-refractivity contribution in [1.82, 2.24) is 4.90 Å². The maximum Gasteiger partial charge on any atom is 0.0703 e. The van der Waals surface area contributed by atoms with Gasteiger partial charge in [0.1, 0.15) is 0 Å². The van der Waals surface area contributed by atoms with Crippen LogP contribution in [0.25, 0.3) is 0 Å². The quantitative estimate of drug-likeness (QED) is 0.846. The van der Waals surface area contributed by atoms with E-state index in [1.165, 1.54) is 18.4 Å². The van der Waals surface area contributed by atoms with Crippen LogP contribution in [0.1, 0.15) is 31.4 Å². The van der Waals surface area contributed by atoms with Crippen LogP contribution in [0.2, 0.25) is 0 Å². The van der Waals surface area contributed by atoms with Crippen LogP contribution in [0.5, 0.6) is 0 Å². The van der Waals surface area contributed by atoms with Gasteiger partial charge in [0.25, 0.3) is 0 Å². The summed E-state index contributed by atoms with van der Waals surface area (Å²) in [6, 6.07) is 2.52. The second-order valence-electron chi connectivity index (χ2n) is 4.53. The minimum Gasteiger partial charge on any atom is -0.377 e. The van der Waals surface area contributed by atoms with Crippen molar-refractivity contribution >= 4 is 11.3 Å². The molecule has 0 radical (unpaired) electrons. The molecule has 0 aromatic carbocycles. The summed E-state index contributed by atoms with van der Waals surface area (Å²) in [6.07, 6.45) is 2.80. The van der Waals surface area contributed by atoms with Crippen LogP contribution >= 0.6 is 11.3 Å².